The Morgan fingerprint density at radius 3 is 1.74 bits per heavy atom. The maximum absolute atomic E-state index is 12.4. The van der Waals surface area contributed by atoms with E-state index in [1.165, 1.54) is 0 Å². The summed E-state index contributed by atoms with van der Waals surface area (Å²) in [7, 11) is 0. The van der Waals surface area contributed by atoms with Gasteiger partial charge in [0.2, 0.25) is 0 Å². The maximum atomic E-state index is 12.4. The van der Waals surface area contributed by atoms with E-state index < -0.39 is 11.6 Å². The molecule has 0 amide bonds. The number of aliphatic imine (C=N–C) groups is 1. The first-order chi connectivity index (χ1) is 16.8. The van der Waals surface area contributed by atoms with Gasteiger partial charge >= 0.3 is 0 Å². The van der Waals surface area contributed by atoms with Gasteiger partial charge in [-0.25, -0.2) is 0 Å². The van der Waals surface area contributed by atoms with Crippen molar-refractivity contribution in [3.63, 3.8) is 0 Å². The Morgan fingerprint density at radius 2 is 1.23 bits per heavy atom. The molecule has 0 spiro atoms. The molecule has 0 aliphatic heterocycles. The first kappa shape index (κ1) is 24.4. The zero-order chi connectivity index (χ0) is 24.9. The number of rotatable bonds is 7. The quantitative estimate of drug-likeness (QED) is 0.301. The number of hydrogen-bond donors (Lipinski definition) is 2. The molecule has 4 aromatic rings. The molecule has 0 radical (unpaired) electrons. The summed E-state index contributed by atoms with van der Waals surface area (Å²) in [6.45, 7) is 6.42. The van der Waals surface area contributed by atoms with Gasteiger partial charge in [0.1, 0.15) is 11.4 Å². The third kappa shape index (κ3) is 5.52. The summed E-state index contributed by atoms with van der Waals surface area (Å²) < 4.78 is 0. The Hall–Kier alpha value is -3.69. The summed E-state index contributed by atoms with van der Waals surface area (Å²) in [5, 5.41) is 23.0. The highest BCUT2D eigenvalue weighted by molar-refractivity contribution is 5.84. The molecule has 2 N–H and O–H groups in total. The molecule has 0 bridgehead atoms. The molecule has 1 atom stereocenters. The average molecular weight is 464 g/mol. The first-order valence-electron chi connectivity index (χ1n) is 12.0. The normalized spacial score (nSPS) is 13.1. The van der Waals surface area contributed by atoms with E-state index in [0.717, 1.165) is 22.3 Å². The molecular weight excluding hydrogens is 430 g/mol. The lowest BCUT2D eigenvalue weighted by atomic mass is 9.78. The van der Waals surface area contributed by atoms with Crippen LogP contribution in [0.15, 0.2) is 114 Å². The summed E-state index contributed by atoms with van der Waals surface area (Å²) in [6, 6.07) is 34.6. The van der Waals surface area contributed by atoms with E-state index in [1.807, 2.05) is 91.0 Å². The Morgan fingerprint density at radius 1 is 0.714 bits per heavy atom. The van der Waals surface area contributed by atoms with Crippen molar-refractivity contribution in [3.8, 4) is 5.75 Å². The van der Waals surface area contributed by atoms with Gasteiger partial charge in [-0.05, 0) is 46.2 Å². The fourth-order valence-corrected chi connectivity index (χ4v) is 4.38. The molecule has 0 unspecified atom stereocenters. The van der Waals surface area contributed by atoms with E-state index in [4.69, 9.17) is 4.99 Å². The Bertz CT molecular complexity index is 1220. The second kappa shape index (κ2) is 10.3. The van der Waals surface area contributed by atoms with Crippen molar-refractivity contribution in [3.05, 3.63) is 137 Å². The number of hydrogen-bond acceptors (Lipinski definition) is 3. The minimum atomic E-state index is -1.37. The van der Waals surface area contributed by atoms with Crippen molar-refractivity contribution in [1.82, 2.24) is 0 Å². The second-order valence-electron chi connectivity index (χ2n) is 10.0. The van der Waals surface area contributed by atoms with Crippen LogP contribution in [-0.2, 0) is 17.4 Å². The number of aliphatic hydroxyl groups is 1. The molecule has 0 aliphatic rings. The molecule has 178 valence electrons. The van der Waals surface area contributed by atoms with Gasteiger partial charge in [0.25, 0.3) is 0 Å². The van der Waals surface area contributed by atoms with Crippen LogP contribution in [0.2, 0.25) is 0 Å². The molecular formula is C32H33NO2. The molecule has 3 heteroatoms. The summed E-state index contributed by atoms with van der Waals surface area (Å²) in [4.78, 5) is 4.96. The number of benzene rings is 4. The maximum Gasteiger partial charge on any atom is 0.137 e. The van der Waals surface area contributed by atoms with Crippen LogP contribution in [0.5, 0.6) is 5.75 Å². The molecule has 4 aromatic carbocycles. The zero-order valence-corrected chi connectivity index (χ0v) is 20.6. The molecule has 0 aliphatic carbocycles. The molecule has 35 heavy (non-hydrogen) atoms. The van der Waals surface area contributed by atoms with Crippen LogP contribution >= 0.6 is 0 Å². The standard InChI is InChI=1S/C32H33NO2/c1-31(2,3)28-19-20-29(34)25(22-28)23-33-30(21-24-13-7-4-8-14-24)32(35,26-15-9-5-10-16-26)27-17-11-6-12-18-27/h4-20,22-23,30,34-35H,21H2,1-3H3/t30-/m0/s1. The Balaban J connectivity index is 1.85. The molecule has 4 rings (SSSR count). The van der Waals surface area contributed by atoms with Gasteiger partial charge in [-0.1, -0.05) is 118 Å². The molecule has 0 fully saturated rings. The first-order valence-corrected chi connectivity index (χ1v) is 12.0. The van der Waals surface area contributed by atoms with Crippen LogP contribution in [0.1, 0.15) is 48.6 Å². The lowest BCUT2D eigenvalue weighted by molar-refractivity contribution is 0.0528. The summed E-state index contributed by atoms with van der Waals surface area (Å²) >= 11 is 0. The fraction of sp³-hybridized carbons (Fsp3) is 0.219. The van der Waals surface area contributed by atoms with E-state index in [-0.39, 0.29) is 11.2 Å². The highest BCUT2D eigenvalue weighted by Gasteiger charge is 2.40. The van der Waals surface area contributed by atoms with Gasteiger partial charge in [0, 0.05) is 11.8 Å². The van der Waals surface area contributed by atoms with Crippen LogP contribution in [0, 0.1) is 0 Å². The van der Waals surface area contributed by atoms with Crippen LogP contribution in [0.4, 0.5) is 0 Å². The van der Waals surface area contributed by atoms with E-state index in [9.17, 15) is 10.2 Å². The molecule has 3 nitrogen and oxygen atoms in total. The Labute approximate surface area is 208 Å². The van der Waals surface area contributed by atoms with E-state index in [0.29, 0.717) is 12.0 Å². The van der Waals surface area contributed by atoms with Crippen molar-refractivity contribution >= 4 is 6.21 Å². The lowest BCUT2D eigenvalue weighted by Crippen LogP contribution is -2.41. The number of phenolic OH excluding ortho intramolecular Hbond substituents is 1. The highest BCUT2D eigenvalue weighted by Crippen LogP contribution is 2.37. The SMILES string of the molecule is CC(C)(C)c1ccc(O)c(C=N[C@@H](Cc2ccccc2)C(O)(c2ccccc2)c2ccccc2)c1. The van der Waals surface area contributed by atoms with Crippen LogP contribution < -0.4 is 0 Å². The van der Waals surface area contributed by atoms with Crippen molar-refractivity contribution in [2.75, 3.05) is 0 Å². The van der Waals surface area contributed by atoms with E-state index in [1.54, 1.807) is 12.3 Å². The average Bonchev–Trinajstić information content (AvgIpc) is 2.88. The molecule has 0 saturated heterocycles. The number of nitrogens with zero attached hydrogens (tertiary/aromatic N) is 1. The summed E-state index contributed by atoms with van der Waals surface area (Å²) in [5.41, 5.74) is 2.94. The monoisotopic (exact) mass is 463 g/mol. The second-order valence-corrected chi connectivity index (χ2v) is 10.0. The van der Waals surface area contributed by atoms with Crippen molar-refractivity contribution in [2.24, 2.45) is 4.99 Å². The third-order valence-electron chi connectivity index (χ3n) is 6.47. The van der Waals surface area contributed by atoms with Gasteiger partial charge in [-0.15, -0.1) is 0 Å². The lowest BCUT2D eigenvalue weighted by Gasteiger charge is -2.35. The van der Waals surface area contributed by atoms with Gasteiger partial charge in [-0.2, -0.15) is 0 Å². The van der Waals surface area contributed by atoms with Gasteiger partial charge in [-0.3, -0.25) is 4.99 Å². The van der Waals surface area contributed by atoms with Gasteiger partial charge in [0.05, 0.1) is 6.04 Å². The minimum Gasteiger partial charge on any atom is -0.507 e. The molecule has 0 aromatic heterocycles. The predicted molar refractivity (Wildman–Crippen MR) is 144 cm³/mol. The summed E-state index contributed by atoms with van der Waals surface area (Å²) in [5.74, 6) is 0.170. The fourth-order valence-electron chi connectivity index (χ4n) is 4.38. The van der Waals surface area contributed by atoms with Crippen molar-refractivity contribution in [1.29, 1.82) is 0 Å². The summed E-state index contributed by atoms with van der Waals surface area (Å²) in [6.07, 6.45) is 2.23. The van der Waals surface area contributed by atoms with Gasteiger partial charge in [0.15, 0.2) is 0 Å². The number of aromatic hydroxyl groups is 1. The van der Waals surface area contributed by atoms with Crippen molar-refractivity contribution in [2.45, 2.75) is 44.2 Å². The third-order valence-corrected chi connectivity index (χ3v) is 6.47. The van der Waals surface area contributed by atoms with Crippen LogP contribution in [-0.4, -0.2) is 22.5 Å². The van der Waals surface area contributed by atoms with E-state index in [2.05, 4.69) is 32.9 Å². The molecule has 0 saturated carbocycles. The van der Waals surface area contributed by atoms with E-state index >= 15 is 0 Å². The Kier molecular flexibility index (Phi) is 7.18. The number of phenols is 1. The molecule has 0 heterocycles. The van der Waals surface area contributed by atoms with Crippen molar-refractivity contribution < 1.29 is 10.2 Å². The smallest absolute Gasteiger partial charge is 0.137 e. The largest absolute Gasteiger partial charge is 0.507 e. The minimum absolute atomic E-state index is 0.0610. The van der Waals surface area contributed by atoms with Crippen LogP contribution in [0.25, 0.3) is 0 Å². The van der Waals surface area contributed by atoms with Crippen LogP contribution in [0.3, 0.4) is 0 Å². The van der Waals surface area contributed by atoms with Gasteiger partial charge < -0.3 is 10.2 Å². The topological polar surface area (TPSA) is 52.8 Å². The highest BCUT2D eigenvalue weighted by atomic mass is 16.3. The predicted octanol–water partition coefficient (Wildman–Crippen LogP) is 6.66. The zero-order valence-electron chi connectivity index (χ0n) is 20.6.